The summed E-state index contributed by atoms with van der Waals surface area (Å²) in [6, 6.07) is 7.18. The molecule has 1 aromatic rings. The first-order valence-electron chi connectivity index (χ1n) is 5.87. The fourth-order valence-electron chi connectivity index (χ4n) is 2.15. The van der Waals surface area contributed by atoms with Crippen molar-refractivity contribution in [2.45, 2.75) is 13.0 Å². The minimum Gasteiger partial charge on any atom is -0.314 e. The molecule has 1 fully saturated rings. The molecular weight excluding hydrogens is 289 g/mol. The molecule has 5 nitrogen and oxygen atoms in total. The Morgan fingerprint density at radius 1 is 1.21 bits per heavy atom. The molecule has 1 aromatic carbocycles. The molecule has 2 rings (SSSR count). The molecule has 1 heterocycles. The van der Waals surface area contributed by atoms with Gasteiger partial charge in [-0.05, 0) is 12.5 Å². The standard InChI is InChI=1S/C12H17N3O2.2ClH/c1-10(14-8-6-13-7-9-14)11-2-4-12(5-3-11)15(16)17;;/h2-5,10,13H,6-9H2,1H3;2*1H/t10-;;/m0../s1. The van der Waals surface area contributed by atoms with Crippen molar-refractivity contribution in [3.05, 3.63) is 39.9 Å². The number of nitrogens with one attached hydrogen (secondary N) is 1. The molecule has 0 aromatic heterocycles. The molecular formula is C12H19Cl2N3O2. The van der Waals surface area contributed by atoms with E-state index in [1.165, 1.54) is 0 Å². The predicted molar refractivity (Wildman–Crippen MR) is 80.5 cm³/mol. The molecule has 1 N–H and O–H groups in total. The Labute approximate surface area is 125 Å². The van der Waals surface area contributed by atoms with Gasteiger partial charge in [0.05, 0.1) is 4.92 Å². The highest BCUT2D eigenvalue weighted by Crippen LogP contribution is 2.22. The van der Waals surface area contributed by atoms with Gasteiger partial charge in [0, 0.05) is 44.4 Å². The number of non-ortho nitro benzene ring substituents is 1. The zero-order valence-electron chi connectivity index (χ0n) is 10.7. The van der Waals surface area contributed by atoms with E-state index in [1.807, 2.05) is 12.1 Å². The maximum atomic E-state index is 10.6. The molecule has 0 unspecified atom stereocenters. The van der Waals surface area contributed by atoms with Crippen molar-refractivity contribution in [3.63, 3.8) is 0 Å². The van der Waals surface area contributed by atoms with E-state index in [0.29, 0.717) is 6.04 Å². The Hall–Kier alpha value is -0.880. The monoisotopic (exact) mass is 307 g/mol. The number of nitro groups is 1. The predicted octanol–water partition coefficient (Wildman–Crippen LogP) is 2.40. The highest BCUT2D eigenvalue weighted by molar-refractivity contribution is 5.85. The number of halogens is 2. The lowest BCUT2D eigenvalue weighted by Gasteiger charge is -2.33. The van der Waals surface area contributed by atoms with Gasteiger partial charge in [0.1, 0.15) is 0 Å². The van der Waals surface area contributed by atoms with Crippen LogP contribution in [0.25, 0.3) is 0 Å². The zero-order valence-corrected chi connectivity index (χ0v) is 12.4. The van der Waals surface area contributed by atoms with Gasteiger partial charge in [-0.1, -0.05) is 12.1 Å². The van der Waals surface area contributed by atoms with Crippen molar-refractivity contribution in [2.24, 2.45) is 0 Å². The summed E-state index contributed by atoms with van der Waals surface area (Å²) in [5, 5.41) is 13.9. The third kappa shape index (κ3) is 4.62. The van der Waals surface area contributed by atoms with Gasteiger partial charge in [0.25, 0.3) is 5.69 Å². The van der Waals surface area contributed by atoms with E-state index in [4.69, 9.17) is 0 Å². The molecule has 0 bridgehead atoms. The van der Waals surface area contributed by atoms with E-state index in [9.17, 15) is 10.1 Å². The van der Waals surface area contributed by atoms with E-state index in [1.54, 1.807) is 12.1 Å². The lowest BCUT2D eigenvalue weighted by Crippen LogP contribution is -2.44. The SMILES string of the molecule is C[C@@H](c1ccc([N+](=O)[O-])cc1)N1CCNCC1.Cl.Cl. The Balaban J connectivity index is 0.00000162. The molecule has 1 atom stereocenters. The van der Waals surface area contributed by atoms with E-state index in [2.05, 4.69) is 17.1 Å². The largest absolute Gasteiger partial charge is 0.314 e. The van der Waals surface area contributed by atoms with E-state index >= 15 is 0 Å². The second-order valence-electron chi connectivity index (χ2n) is 4.31. The van der Waals surface area contributed by atoms with Crippen molar-refractivity contribution >= 4 is 30.5 Å². The molecule has 19 heavy (non-hydrogen) atoms. The summed E-state index contributed by atoms with van der Waals surface area (Å²) in [7, 11) is 0. The second-order valence-corrected chi connectivity index (χ2v) is 4.31. The van der Waals surface area contributed by atoms with E-state index in [-0.39, 0.29) is 35.4 Å². The molecule has 0 saturated carbocycles. The van der Waals surface area contributed by atoms with Crippen LogP contribution in [0.3, 0.4) is 0 Å². The Kier molecular flexibility index (Phi) is 7.94. The van der Waals surface area contributed by atoms with Crippen LogP contribution in [0.5, 0.6) is 0 Å². The first kappa shape index (κ1) is 18.1. The number of nitrogens with zero attached hydrogens (tertiary/aromatic N) is 2. The van der Waals surface area contributed by atoms with Crippen LogP contribution in [0.4, 0.5) is 5.69 Å². The summed E-state index contributed by atoms with van der Waals surface area (Å²) < 4.78 is 0. The van der Waals surface area contributed by atoms with Gasteiger partial charge in [0.2, 0.25) is 0 Å². The average molecular weight is 308 g/mol. The number of piperazine rings is 1. The Morgan fingerprint density at radius 3 is 2.21 bits per heavy atom. The fraction of sp³-hybridized carbons (Fsp3) is 0.500. The molecule has 0 radical (unpaired) electrons. The maximum absolute atomic E-state index is 10.6. The summed E-state index contributed by atoms with van der Waals surface area (Å²) in [6.45, 7) is 6.22. The molecule has 0 aliphatic carbocycles. The van der Waals surface area contributed by atoms with Crippen LogP contribution < -0.4 is 5.32 Å². The van der Waals surface area contributed by atoms with Crippen LogP contribution >= 0.6 is 24.8 Å². The highest BCUT2D eigenvalue weighted by atomic mass is 35.5. The molecule has 0 spiro atoms. The molecule has 108 valence electrons. The summed E-state index contributed by atoms with van der Waals surface area (Å²) in [6.07, 6.45) is 0. The normalized spacial score (nSPS) is 16.9. The minimum atomic E-state index is -0.362. The van der Waals surface area contributed by atoms with Crippen LogP contribution in [-0.2, 0) is 0 Å². The lowest BCUT2D eigenvalue weighted by molar-refractivity contribution is -0.384. The van der Waals surface area contributed by atoms with Crippen molar-refractivity contribution in [3.8, 4) is 0 Å². The van der Waals surface area contributed by atoms with Crippen LogP contribution in [0, 0.1) is 10.1 Å². The van der Waals surface area contributed by atoms with Crippen molar-refractivity contribution in [1.82, 2.24) is 10.2 Å². The molecule has 0 amide bonds. The second kappa shape index (κ2) is 8.32. The van der Waals surface area contributed by atoms with Crippen LogP contribution in [0.2, 0.25) is 0 Å². The molecule has 1 aliphatic rings. The molecule has 1 saturated heterocycles. The number of rotatable bonds is 3. The maximum Gasteiger partial charge on any atom is 0.269 e. The molecule has 7 heteroatoms. The number of nitro benzene ring substituents is 1. The van der Waals surface area contributed by atoms with E-state index < -0.39 is 0 Å². The van der Waals surface area contributed by atoms with Crippen LogP contribution in [-0.4, -0.2) is 36.0 Å². The van der Waals surface area contributed by atoms with Gasteiger partial charge < -0.3 is 5.32 Å². The van der Waals surface area contributed by atoms with Crippen molar-refractivity contribution < 1.29 is 4.92 Å². The smallest absolute Gasteiger partial charge is 0.269 e. The van der Waals surface area contributed by atoms with Gasteiger partial charge in [0.15, 0.2) is 0 Å². The fourth-order valence-corrected chi connectivity index (χ4v) is 2.15. The number of benzene rings is 1. The van der Waals surface area contributed by atoms with Crippen LogP contribution in [0.1, 0.15) is 18.5 Å². The number of hydrogen-bond acceptors (Lipinski definition) is 4. The summed E-state index contributed by atoms with van der Waals surface area (Å²) in [5.74, 6) is 0. The first-order chi connectivity index (χ1) is 8.18. The quantitative estimate of drug-likeness (QED) is 0.688. The van der Waals surface area contributed by atoms with Gasteiger partial charge >= 0.3 is 0 Å². The zero-order chi connectivity index (χ0) is 12.3. The summed E-state index contributed by atoms with van der Waals surface area (Å²) >= 11 is 0. The highest BCUT2D eigenvalue weighted by Gasteiger charge is 2.18. The van der Waals surface area contributed by atoms with Gasteiger partial charge in [-0.2, -0.15) is 0 Å². The van der Waals surface area contributed by atoms with Gasteiger partial charge in [-0.3, -0.25) is 15.0 Å². The van der Waals surface area contributed by atoms with Gasteiger partial charge in [-0.25, -0.2) is 0 Å². The molecule has 1 aliphatic heterocycles. The topological polar surface area (TPSA) is 58.4 Å². The van der Waals surface area contributed by atoms with Crippen LogP contribution in [0.15, 0.2) is 24.3 Å². The number of hydrogen-bond donors (Lipinski definition) is 1. The third-order valence-corrected chi connectivity index (χ3v) is 3.29. The average Bonchev–Trinajstić information content (AvgIpc) is 2.39. The van der Waals surface area contributed by atoms with Crippen molar-refractivity contribution in [2.75, 3.05) is 26.2 Å². The summed E-state index contributed by atoms with van der Waals surface area (Å²) in [5.41, 5.74) is 1.29. The first-order valence-corrected chi connectivity index (χ1v) is 5.87. The minimum absolute atomic E-state index is 0. The van der Waals surface area contributed by atoms with E-state index in [0.717, 1.165) is 31.7 Å². The third-order valence-electron chi connectivity index (χ3n) is 3.29. The van der Waals surface area contributed by atoms with Crippen molar-refractivity contribution in [1.29, 1.82) is 0 Å². The van der Waals surface area contributed by atoms with Gasteiger partial charge in [-0.15, -0.1) is 24.8 Å². The Bertz CT molecular complexity index is 394. The summed E-state index contributed by atoms with van der Waals surface area (Å²) in [4.78, 5) is 12.6. The Morgan fingerprint density at radius 2 is 1.74 bits per heavy atom. The lowest BCUT2D eigenvalue weighted by atomic mass is 10.1.